The molecule has 2 aromatic rings. The first-order valence-electron chi connectivity index (χ1n) is 5.96. The fourth-order valence-electron chi connectivity index (χ4n) is 1.79. The van der Waals surface area contributed by atoms with Crippen LogP contribution >= 0.6 is 15.9 Å². The Morgan fingerprint density at radius 3 is 2.68 bits per heavy atom. The lowest BCUT2D eigenvalue weighted by molar-refractivity contribution is 0.410. The number of halogens is 2. The molecule has 0 aliphatic rings. The number of ether oxygens (including phenoxy) is 1. The van der Waals surface area contributed by atoms with Crippen LogP contribution in [0.25, 0.3) is 0 Å². The summed E-state index contributed by atoms with van der Waals surface area (Å²) in [5, 5.41) is 3.22. The van der Waals surface area contributed by atoms with Gasteiger partial charge in [-0.1, -0.05) is 34.1 Å². The van der Waals surface area contributed by atoms with Crippen LogP contribution in [0.15, 0.2) is 46.9 Å². The Morgan fingerprint density at radius 2 is 2.00 bits per heavy atom. The lowest BCUT2D eigenvalue weighted by Gasteiger charge is -2.08. The minimum absolute atomic E-state index is 0.249. The average Bonchev–Trinajstić information content (AvgIpc) is 2.40. The molecule has 0 fully saturated rings. The van der Waals surface area contributed by atoms with Gasteiger partial charge in [-0.3, -0.25) is 0 Å². The summed E-state index contributed by atoms with van der Waals surface area (Å²) in [5.74, 6) is 0.286. The summed E-state index contributed by atoms with van der Waals surface area (Å²) in [6.45, 7) is 1.19. The van der Waals surface area contributed by atoms with Gasteiger partial charge in [0.1, 0.15) is 11.6 Å². The van der Waals surface area contributed by atoms with Gasteiger partial charge in [0.05, 0.1) is 7.11 Å². The topological polar surface area (TPSA) is 21.3 Å². The zero-order valence-corrected chi connectivity index (χ0v) is 12.2. The van der Waals surface area contributed by atoms with Crippen molar-refractivity contribution >= 4 is 15.9 Å². The van der Waals surface area contributed by atoms with Gasteiger partial charge in [-0.15, -0.1) is 0 Å². The number of methoxy groups -OCH3 is 1. The molecule has 19 heavy (non-hydrogen) atoms. The quantitative estimate of drug-likeness (QED) is 0.901. The summed E-state index contributed by atoms with van der Waals surface area (Å²) < 4.78 is 19.7. The minimum Gasteiger partial charge on any atom is -0.497 e. The van der Waals surface area contributed by atoms with E-state index in [0.29, 0.717) is 24.4 Å². The third-order valence-electron chi connectivity index (χ3n) is 2.79. The number of benzene rings is 2. The van der Waals surface area contributed by atoms with E-state index in [1.807, 2.05) is 24.3 Å². The van der Waals surface area contributed by atoms with Crippen LogP contribution in [-0.2, 0) is 13.1 Å². The van der Waals surface area contributed by atoms with Gasteiger partial charge >= 0.3 is 0 Å². The molecule has 0 heterocycles. The Hall–Kier alpha value is -1.39. The lowest BCUT2D eigenvalue weighted by atomic mass is 10.2. The second kappa shape index (κ2) is 6.68. The van der Waals surface area contributed by atoms with Gasteiger partial charge in [0.25, 0.3) is 0 Å². The van der Waals surface area contributed by atoms with Gasteiger partial charge in [-0.25, -0.2) is 4.39 Å². The zero-order chi connectivity index (χ0) is 13.7. The molecule has 0 aromatic heterocycles. The SMILES string of the molecule is COc1ccc(CNCc2cccc(Br)c2)c(F)c1. The first-order chi connectivity index (χ1) is 9.19. The molecule has 0 saturated heterocycles. The van der Waals surface area contributed by atoms with E-state index in [4.69, 9.17) is 4.74 Å². The van der Waals surface area contributed by atoms with Crippen molar-refractivity contribution in [1.82, 2.24) is 5.32 Å². The molecular formula is C15H15BrFNO. The molecule has 0 aliphatic carbocycles. The van der Waals surface area contributed by atoms with Crippen LogP contribution in [0.4, 0.5) is 4.39 Å². The average molecular weight is 324 g/mol. The molecule has 2 rings (SSSR count). The summed E-state index contributed by atoms with van der Waals surface area (Å²) in [6, 6.07) is 12.9. The summed E-state index contributed by atoms with van der Waals surface area (Å²) in [4.78, 5) is 0. The van der Waals surface area contributed by atoms with E-state index in [1.54, 1.807) is 12.1 Å². The van der Waals surface area contributed by atoms with Crippen molar-refractivity contribution in [2.24, 2.45) is 0 Å². The fourth-order valence-corrected chi connectivity index (χ4v) is 2.23. The normalized spacial score (nSPS) is 10.5. The Morgan fingerprint density at radius 1 is 1.16 bits per heavy atom. The van der Waals surface area contributed by atoms with E-state index in [0.717, 1.165) is 10.0 Å². The maximum atomic E-state index is 13.7. The van der Waals surface area contributed by atoms with Crippen molar-refractivity contribution in [3.63, 3.8) is 0 Å². The van der Waals surface area contributed by atoms with Crippen LogP contribution in [0.2, 0.25) is 0 Å². The molecule has 0 spiro atoms. The maximum Gasteiger partial charge on any atom is 0.131 e. The van der Waals surface area contributed by atoms with E-state index in [9.17, 15) is 4.39 Å². The van der Waals surface area contributed by atoms with Crippen LogP contribution < -0.4 is 10.1 Å². The van der Waals surface area contributed by atoms with Crippen LogP contribution in [0.5, 0.6) is 5.75 Å². The Bertz CT molecular complexity index is 560. The van der Waals surface area contributed by atoms with Crippen LogP contribution in [0.1, 0.15) is 11.1 Å². The molecule has 0 bridgehead atoms. The smallest absolute Gasteiger partial charge is 0.131 e. The highest BCUT2D eigenvalue weighted by molar-refractivity contribution is 9.10. The third kappa shape index (κ3) is 4.04. The van der Waals surface area contributed by atoms with Crippen molar-refractivity contribution in [2.75, 3.05) is 7.11 Å². The molecule has 0 radical (unpaired) electrons. The van der Waals surface area contributed by atoms with Crippen molar-refractivity contribution in [3.8, 4) is 5.75 Å². The molecule has 0 amide bonds. The van der Waals surface area contributed by atoms with E-state index in [-0.39, 0.29) is 5.82 Å². The van der Waals surface area contributed by atoms with Gasteiger partial charge in [0.2, 0.25) is 0 Å². The third-order valence-corrected chi connectivity index (χ3v) is 3.29. The number of nitrogens with one attached hydrogen (secondary N) is 1. The Labute approximate surface area is 120 Å². The molecule has 2 aromatic carbocycles. The van der Waals surface area contributed by atoms with Gasteiger partial charge in [-0.2, -0.15) is 0 Å². The van der Waals surface area contributed by atoms with Crippen LogP contribution in [-0.4, -0.2) is 7.11 Å². The Balaban J connectivity index is 1.92. The highest BCUT2D eigenvalue weighted by Crippen LogP contribution is 2.16. The summed E-state index contributed by atoms with van der Waals surface area (Å²) in [6.07, 6.45) is 0. The molecule has 1 N–H and O–H groups in total. The fraction of sp³-hybridized carbons (Fsp3) is 0.200. The maximum absolute atomic E-state index is 13.7. The summed E-state index contributed by atoms with van der Waals surface area (Å²) >= 11 is 3.42. The standard InChI is InChI=1S/C15H15BrFNO/c1-19-14-6-5-12(15(17)8-14)10-18-9-11-3-2-4-13(16)7-11/h2-8,18H,9-10H2,1H3. The molecule has 4 heteroatoms. The van der Waals surface area contributed by atoms with Crippen molar-refractivity contribution in [1.29, 1.82) is 0 Å². The van der Waals surface area contributed by atoms with Gasteiger partial charge in [0, 0.05) is 29.2 Å². The van der Waals surface area contributed by atoms with E-state index < -0.39 is 0 Å². The van der Waals surface area contributed by atoms with Crippen LogP contribution in [0, 0.1) is 5.82 Å². The highest BCUT2D eigenvalue weighted by atomic mass is 79.9. The van der Waals surface area contributed by atoms with Gasteiger partial charge in [-0.05, 0) is 23.8 Å². The molecule has 100 valence electrons. The first kappa shape index (κ1) is 14.0. The van der Waals surface area contributed by atoms with E-state index >= 15 is 0 Å². The van der Waals surface area contributed by atoms with E-state index in [2.05, 4.69) is 21.2 Å². The minimum atomic E-state index is -0.249. The van der Waals surface area contributed by atoms with Crippen LogP contribution in [0.3, 0.4) is 0 Å². The molecule has 0 aliphatic heterocycles. The summed E-state index contributed by atoms with van der Waals surface area (Å²) in [7, 11) is 1.53. The largest absolute Gasteiger partial charge is 0.497 e. The predicted molar refractivity (Wildman–Crippen MR) is 77.6 cm³/mol. The molecule has 0 saturated carbocycles. The number of rotatable bonds is 5. The number of hydrogen-bond donors (Lipinski definition) is 1. The molecule has 0 unspecified atom stereocenters. The molecule has 0 atom stereocenters. The number of hydrogen-bond acceptors (Lipinski definition) is 2. The first-order valence-corrected chi connectivity index (χ1v) is 6.76. The van der Waals surface area contributed by atoms with Crippen molar-refractivity contribution < 1.29 is 9.13 Å². The second-order valence-electron chi connectivity index (χ2n) is 4.19. The highest BCUT2D eigenvalue weighted by Gasteiger charge is 2.03. The summed E-state index contributed by atoms with van der Waals surface area (Å²) in [5.41, 5.74) is 1.79. The molecule has 2 nitrogen and oxygen atoms in total. The van der Waals surface area contributed by atoms with E-state index in [1.165, 1.54) is 13.2 Å². The second-order valence-corrected chi connectivity index (χ2v) is 5.11. The predicted octanol–water partition coefficient (Wildman–Crippen LogP) is 3.89. The molecular weight excluding hydrogens is 309 g/mol. The zero-order valence-electron chi connectivity index (χ0n) is 10.6. The van der Waals surface area contributed by atoms with Crippen molar-refractivity contribution in [3.05, 3.63) is 63.9 Å². The van der Waals surface area contributed by atoms with Gasteiger partial charge < -0.3 is 10.1 Å². The van der Waals surface area contributed by atoms with Gasteiger partial charge in [0.15, 0.2) is 0 Å². The van der Waals surface area contributed by atoms with Crippen molar-refractivity contribution in [2.45, 2.75) is 13.1 Å². The monoisotopic (exact) mass is 323 g/mol. The Kier molecular flexibility index (Phi) is 4.93. The lowest BCUT2D eigenvalue weighted by Crippen LogP contribution is -2.13.